The molecule has 3 rings (SSSR count). The van der Waals surface area contributed by atoms with E-state index in [1.807, 2.05) is 0 Å². The van der Waals surface area contributed by atoms with E-state index in [0.29, 0.717) is 0 Å². The van der Waals surface area contributed by atoms with Crippen LogP contribution in [-0.2, 0) is 0 Å². The van der Waals surface area contributed by atoms with Crippen LogP contribution in [0.3, 0.4) is 0 Å². The molecule has 14 heavy (non-hydrogen) atoms. The van der Waals surface area contributed by atoms with Crippen LogP contribution in [0.25, 0.3) is 0 Å². The van der Waals surface area contributed by atoms with Crippen molar-refractivity contribution in [1.29, 1.82) is 0 Å². The van der Waals surface area contributed by atoms with Gasteiger partial charge in [0.15, 0.2) is 0 Å². The summed E-state index contributed by atoms with van der Waals surface area (Å²) >= 11 is 0. The van der Waals surface area contributed by atoms with E-state index in [1.54, 1.807) is 0 Å². The molecule has 2 heteroatoms. The van der Waals surface area contributed by atoms with Gasteiger partial charge in [-0.2, -0.15) is 0 Å². The fraction of sp³-hybridized carbons (Fsp3) is 1.00. The first-order chi connectivity index (χ1) is 6.75. The Bertz CT molecular complexity index is 212. The molecule has 0 unspecified atom stereocenters. The minimum atomic E-state index is -0.293. The zero-order chi connectivity index (χ0) is 9.60. The molecule has 0 spiro atoms. The third kappa shape index (κ3) is 1.49. The first kappa shape index (κ1) is 9.17. The third-order valence-electron chi connectivity index (χ3n) is 4.60. The molecule has 2 saturated carbocycles. The number of hydrogen-bond acceptors (Lipinski definition) is 2. The van der Waals surface area contributed by atoms with Crippen LogP contribution in [0.15, 0.2) is 0 Å². The number of hydrogen-bond donors (Lipinski definition) is 1. The molecule has 0 aromatic carbocycles. The molecule has 2 nitrogen and oxygen atoms in total. The van der Waals surface area contributed by atoms with E-state index in [0.717, 1.165) is 31.2 Å². The van der Waals surface area contributed by atoms with E-state index < -0.39 is 0 Å². The molecule has 2 aliphatic carbocycles. The van der Waals surface area contributed by atoms with E-state index in [9.17, 15) is 5.11 Å². The lowest BCUT2D eigenvalue weighted by Gasteiger charge is -2.39. The zero-order valence-corrected chi connectivity index (χ0v) is 8.91. The smallest absolute Gasteiger partial charge is 0.0774 e. The summed E-state index contributed by atoms with van der Waals surface area (Å²) in [6, 6.07) is 0. The van der Waals surface area contributed by atoms with Crippen LogP contribution in [0, 0.1) is 11.8 Å². The van der Waals surface area contributed by atoms with Gasteiger partial charge in [-0.3, -0.25) is 4.90 Å². The lowest BCUT2D eigenvalue weighted by atomic mass is 9.80. The Kier molecular flexibility index (Phi) is 2.10. The van der Waals surface area contributed by atoms with Gasteiger partial charge in [-0.05, 0) is 43.9 Å². The lowest BCUT2D eigenvalue weighted by molar-refractivity contribution is -0.0559. The predicted molar refractivity (Wildman–Crippen MR) is 56.1 cm³/mol. The highest BCUT2D eigenvalue weighted by Crippen LogP contribution is 2.40. The fourth-order valence-electron chi connectivity index (χ4n) is 3.62. The molecule has 3 fully saturated rings. The summed E-state index contributed by atoms with van der Waals surface area (Å²) in [6.45, 7) is 3.50. The van der Waals surface area contributed by atoms with Crippen molar-refractivity contribution < 1.29 is 5.11 Å². The van der Waals surface area contributed by atoms with Crippen LogP contribution >= 0.6 is 0 Å². The van der Waals surface area contributed by atoms with Gasteiger partial charge in [-0.15, -0.1) is 0 Å². The molecule has 1 saturated heterocycles. The van der Waals surface area contributed by atoms with Gasteiger partial charge in [0.25, 0.3) is 0 Å². The molecule has 0 amide bonds. The van der Waals surface area contributed by atoms with Crippen molar-refractivity contribution in [2.45, 2.75) is 44.1 Å². The van der Waals surface area contributed by atoms with E-state index in [1.165, 1.54) is 38.8 Å². The number of likely N-dealkylation sites (tertiary alicyclic amines) is 1. The minimum Gasteiger partial charge on any atom is -0.389 e. The molecule has 0 aromatic heterocycles. The van der Waals surface area contributed by atoms with Crippen molar-refractivity contribution in [3.8, 4) is 0 Å². The molecule has 1 N–H and O–H groups in total. The Labute approximate surface area is 86.3 Å². The molecule has 2 atom stereocenters. The highest BCUT2D eigenvalue weighted by Gasteiger charge is 2.41. The second-order valence-electron chi connectivity index (χ2n) is 5.72. The largest absolute Gasteiger partial charge is 0.389 e. The third-order valence-corrected chi connectivity index (χ3v) is 4.60. The summed E-state index contributed by atoms with van der Waals surface area (Å²) in [5.41, 5.74) is -0.293. The van der Waals surface area contributed by atoms with Gasteiger partial charge in [0, 0.05) is 19.6 Å². The second kappa shape index (κ2) is 3.21. The van der Waals surface area contributed by atoms with E-state index in [2.05, 4.69) is 4.90 Å². The van der Waals surface area contributed by atoms with Crippen molar-refractivity contribution in [2.24, 2.45) is 11.8 Å². The van der Waals surface area contributed by atoms with Gasteiger partial charge in [0.05, 0.1) is 5.60 Å². The van der Waals surface area contributed by atoms with Crippen molar-refractivity contribution in [3.05, 3.63) is 0 Å². The monoisotopic (exact) mass is 195 g/mol. The van der Waals surface area contributed by atoms with Crippen LogP contribution in [0.2, 0.25) is 0 Å². The standard InChI is InChI=1S/C12H21NO/c14-12(5-2-6-12)9-13-7-10-3-1-4-11(10)8-13/h10-11,14H,1-9H2/t10-,11-/m1/s1. The van der Waals surface area contributed by atoms with Crippen LogP contribution in [0.5, 0.6) is 0 Å². The average Bonchev–Trinajstić information content (AvgIpc) is 2.60. The zero-order valence-electron chi connectivity index (χ0n) is 8.91. The van der Waals surface area contributed by atoms with E-state index in [-0.39, 0.29) is 5.60 Å². The summed E-state index contributed by atoms with van der Waals surface area (Å²) < 4.78 is 0. The molecular weight excluding hydrogens is 174 g/mol. The van der Waals surface area contributed by atoms with Crippen LogP contribution in [0.1, 0.15) is 38.5 Å². The molecule has 0 bridgehead atoms. The van der Waals surface area contributed by atoms with E-state index in [4.69, 9.17) is 0 Å². The molecule has 0 aromatic rings. The molecular formula is C12H21NO. The number of aliphatic hydroxyl groups is 1. The van der Waals surface area contributed by atoms with Crippen molar-refractivity contribution in [2.75, 3.05) is 19.6 Å². The first-order valence-corrected chi connectivity index (χ1v) is 6.20. The Morgan fingerprint density at radius 3 is 2.21 bits per heavy atom. The number of fused-ring (bicyclic) bond motifs is 1. The van der Waals surface area contributed by atoms with Crippen LogP contribution in [-0.4, -0.2) is 35.2 Å². The van der Waals surface area contributed by atoms with Crippen molar-refractivity contribution >= 4 is 0 Å². The topological polar surface area (TPSA) is 23.5 Å². The fourth-order valence-corrected chi connectivity index (χ4v) is 3.62. The second-order valence-corrected chi connectivity index (χ2v) is 5.72. The van der Waals surface area contributed by atoms with Gasteiger partial charge >= 0.3 is 0 Å². The van der Waals surface area contributed by atoms with Crippen LogP contribution in [0.4, 0.5) is 0 Å². The van der Waals surface area contributed by atoms with Crippen LogP contribution < -0.4 is 0 Å². The van der Waals surface area contributed by atoms with Crippen molar-refractivity contribution in [1.82, 2.24) is 4.90 Å². The summed E-state index contributed by atoms with van der Waals surface area (Å²) in [5.74, 6) is 1.94. The maximum absolute atomic E-state index is 10.1. The van der Waals surface area contributed by atoms with Gasteiger partial charge in [0.1, 0.15) is 0 Å². The van der Waals surface area contributed by atoms with E-state index >= 15 is 0 Å². The normalized spacial score (nSPS) is 40.9. The van der Waals surface area contributed by atoms with Gasteiger partial charge < -0.3 is 5.11 Å². The van der Waals surface area contributed by atoms with Crippen molar-refractivity contribution in [3.63, 3.8) is 0 Å². The molecule has 3 aliphatic rings. The number of nitrogens with zero attached hydrogens (tertiary/aromatic N) is 1. The first-order valence-electron chi connectivity index (χ1n) is 6.20. The maximum atomic E-state index is 10.1. The summed E-state index contributed by atoms with van der Waals surface area (Å²) in [4.78, 5) is 2.52. The maximum Gasteiger partial charge on any atom is 0.0774 e. The van der Waals surface area contributed by atoms with Gasteiger partial charge in [-0.1, -0.05) is 6.42 Å². The predicted octanol–water partition coefficient (Wildman–Crippen LogP) is 1.63. The number of β-amino-alcohol motifs (C(OH)–C–C–N with tert-alkyl or cyclic N) is 1. The Hall–Kier alpha value is -0.0800. The minimum absolute atomic E-state index is 0.293. The van der Waals surface area contributed by atoms with Gasteiger partial charge in [-0.25, -0.2) is 0 Å². The molecule has 80 valence electrons. The average molecular weight is 195 g/mol. The summed E-state index contributed by atoms with van der Waals surface area (Å²) in [5, 5.41) is 10.1. The Morgan fingerprint density at radius 2 is 1.71 bits per heavy atom. The Balaban J connectivity index is 1.55. The highest BCUT2D eigenvalue weighted by atomic mass is 16.3. The number of rotatable bonds is 2. The lowest BCUT2D eigenvalue weighted by Crippen LogP contribution is -2.47. The molecule has 0 radical (unpaired) electrons. The summed E-state index contributed by atoms with van der Waals surface area (Å²) in [6.07, 6.45) is 7.65. The highest BCUT2D eigenvalue weighted by molar-refractivity contribution is 4.95. The SMILES string of the molecule is OC1(CN2C[C@H]3CCC[C@@H]3C2)CCC1. The van der Waals surface area contributed by atoms with Gasteiger partial charge in [0.2, 0.25) is 0 Å². The quantitative estimate of drug-likeness (QED) is 0.724. The molecule has 1 aliphatic heterocycles. The Morgan fingerprint density at radius 1 is 1.07 bits per heavy atom. The molecule has 1 heterocycles. The summed E-state index contributed by atoms with van der Waals surface area (Å²) in [7, 11) is 0.